The van der Waals surface area contributed by atoms with Crippen molar-refractivity contribution in [3.8, 4) is 55.6 Å². The Morgan fingerprint density at radius 2 is 0.667 bits per heavy atom. The van der Waals surface area contributed by atoms with Crippen molar-refractivity contribution in [2.45, 2.75) is 0 Å². The number of dihydropyridines is 1. The van der Waals surface area contributed by atoms with E-state index in [0.717, 1.165) is 12.2 Å². The largest absolute Gasteiger partial charge is 0.381 e. The lowest BCUT2D eigenvalue weighted by Crippen LogP contribution is -2.14. The Morgan fingerprint density at radius 3 is 1.05 bits per heavy atom. The van der Waals surface area contributed by atoms with Crippen LogP contribution in [0.25, 0.3) is 61.3 Å². The molecule has 1 heterocycles. The first kappa shape index (κ1) is 25.6. The molecule has 1 aliphatic heterocycles. The van der Waals surface area contributed by atoms with E-state index in [-0.39, 0.29) is 0 Å². The summed E-state index contributed by atoms with van der Waals surface area (Å²) in [6.45, 7) is 0.866. The minimum absolute atomic E-state index is 0.866. The lowest BCUT2D eigenvalue weighted by atomic mass is 9.94. The number of hydrogen-bond acceptors (Lipinski definition) is 1. The van der Waals surface area contributed by atoms with Gasteiger partial charge in [-0.2, -0.15) is 0 Å². The molecule has 0 amide bonds. The molecule has 0 atom stereocenters. The summed E-state index contributed by atoms with van der Waals surface area (Å²) in [4.78, 5) is 0. The maximum absolute atomic E-state index is 3.47. The average Bonchev–Trinajstić information content (AvgIpc) is 3.09. The lowest BCUT2D eigenvalue weighted by Gasteiger charge is -2.14. The van der Waals surface area contributed by atoms with Crippen LogP contribution >= 0.6 is 0 Å². The van der Waals surface area contributed by atoms with E-state index in [0.29, 0.717) is 0 Å². The van der Waals surface area contributed by atoms with Crippen LogP contribution in [0.2, 0.25) is 0 Å². The highest BCUT2D eigenvalue weighted by atomic mass is 14.9. The third-order valence-corrected chi connectivity index (χ3v) is 7.87. The fourth-order valence-electron chi connectivity index (χ4n) is 5.67. The smallest absolute Gasteiger partial charge is 0.0416 e. The zero-order chi connectivity index (χ0) is 28.1. The van der Waals surface area contributed by atoms with Gasteiger partial charge in [-0.25, -0.2) is 0 Å². The van der Waals surface area contributed by atoms with Gasteiger partial charge in [0.25, 0.3) is 0 Å². The molecule has 200 valence electrons. The van der Waals surface area contributed by atoms with Crippen LogP contribution in [0.3, 0.4) is 0 Å². The highest BCUT2D eigenvalue weighted by molar-refractivity contribution is 5.81. The van der Waals surface area contributed by atoms with Crippen LogP contribution in [0.4, 0.5) is 0 Å². The van der Waals surface area contributed by atoms with Gasteiger partial charge in [-0.3, -0.25) is 0 Å². The second kappa shape index (κ2) is 11.6. The van der Waals surface area contributed by atoms with E-state index in [2.05, 4.69) is 175 Å². The predicted octanol–water partition coefficient (Wildman–Crippen LogP) is 10.5. The van der Waals surface area contributed by atoms with Crippen LogP contribution in [-0.2, 0) is 0 Å². The molecule has 0 unspecified atom stereocenters. The molecule has 42 heavy (non-hydrogen) atoms. The first-order valence-corrected chi connectivity index (χ1v) is 14.5. The molecule has 0 bridgehead atoms. The molecule has 1 nitrogen and oxygen atoms in total. The number of hydrogen-bond donors (Lipinski definition) is 1. The molecule has 6 aromatic rings. The molecule has 0 saturated heterocycles. The highest BCUT2D eigenvalue weighted by Crippen LogP contribution is 2.33. The second-order valence-corrected chi connectivity index (χ2v) is 10.7. The van der Waals surface area contributed by atoms with Crippen molar-refractivity contribution < 1.29 is 0 Å². The van der Waals surface area contributed by atoms with Gasteiger partial charge in [0.05, 0.1) is 0 Å². The summed E-state index contributed by atoms with van der Waals surface area (Å²) >= 11 is 0. The van der Waals surface area contributed by atoms with Crippen LogP contribution < -0.4 is 5.32 Å². The van der Waals surface area contributed by atoms with E-state index >= 15 is 0 Å². The minimum Gasteiger partial charge on any atom is -0.381 e. The highest BCUT2D eigenvalue weighted by Gasteiger charge is 2.09. The molecule has 0 saturated carbocycles. The van der Waals surface area contributed by atoms with Crippen molar-refractivity contribution in [2.75, 3.05) is 6.54 Å². The van der Waals surface area contributed by atoms with Gasteiger partial charge in [-0.05, 0) is 97.6 Å². The van der Waals surface area contributed by atoms with Crippen molar-refractivity contribution >= 4 is 5.70 Å². The first-order valence-electron chi connectivity index (χ1n) is 14.5. The summed E-state index contributed by atoms with van der Waals surface area (Å²) in [6.07, 6.45) is 6.38. The van der Waals surface area contributed by atoms with Crippen molar-refractivity contribution in [3.63, 3.8) is 0 Å². The molecule has 0 fully saturated rings. The molecule has 1 heteroatoms. The van der Waals surface area contributed by atoms with E-state index in [1.54, 1.807) is 0 Å². The summed E-state index contributed by atoms with van der Waals surface area (Å²) in [7, 11) is 0. The Kier molecular flexibility index (Phi) is 7.06. The van der Waals surface area contributed by atoms with Gasteiger partial charge in [-0.1, -0.05) is 133 Å². The Labute approximate surface area is 248 Å². The van der Waals surface area contributed by atoms with Crippen molar-refractivity contribution in [2.24, 2.45) is 0 Å². The number of benzene rings is 6. The summed E-state index contributed by atoms with van der Waals surface area (Å²) < 4.78 is 0. The van der Waals surface area contributed by atoms with Crippen LogP contribution in [0, 0.1) is 0 Å². The van der Waals surface area contributed by atoms with E-state index < -0.39 is 0 Å². The first-order chi connectivity index (χ1) is 20.8. The van der Waals surface area contributed by atoms with Crippen molar-refractivity contribution in [1.29, 1.82) is 0 Å². The van der Waals surface area contributed by atoms with E-state index in [1.807, 2.05) is 0 Å². The number of rotatable bonds is 6. The monoisotopic (exact) mass is 537 g/mol. The Morgan fingerprint density at radius 1 is 0.333 bits per heavy atom. The third kappa shape index (κ3) is 5.46. The van der Waals surface area contributed by atoms with Gasteiger partial charge < -0.3 is 5.32 Å². The third-order valence-electron chi connectivity index (χ3n) is 7.87. The maximum atomic E-state index is 3.47. The van der Waals surface area contributed by atoms with Crippen molar-refractivity contribution in [1.82, 2.24) is 5.32 Å². The normalized spacial score (nSPS) is 12.4. The quantitative estimate of drug-likeness (QED) is 0.223. The molecule has 1 aliphatic rings. The molecule has 0 spiro atoms. The molecule has 6 aromatic carbocycles. The fraction of sp³-hybridized carbons (Fsp3) is 0.0244. The maximum Gasteiger partial charge on any atom is 0.0416 e. The van der Waals surface area contributed by atoms with Gasteiger partial charge in [0.1, 0.15) is 0 Å². The van der Waals surface area contributed by atoms with Crippen LogP contribution in [0.1, 0.15) is 5.56 Å². The van der Waals surface area contributed by atoms with Crippen LogP contribution in [0.5, 0.6) is 0 Å². The molecule has 0 radical (unpaired) electrons. The zero-order valence-electron chi connectivity index (χ0n) is 23.4. The molecule has 1 N–H and O–H groups in total. The Bertz CT molecular complexity index is 1930. The molecular formula is C41H31N. The van der Waals surface area contributed by atoms with Gasteiger partial charge in [0, 0.05) is 12.2 Å². The lowest BCUT2D eigenvalue weighted by molar-refractivity contribution is 0.996. The molecular weight excluding hydrogens is 506 g/mol. The summed E-state index contributed by atoms with van der Waals surface area (Å²) in [5, 5.41) is 3.47. The van der Waals surface area contributed by atoms with Crippen LogP contribution in [-0.4, -0.2) is 6.54 Å². The Hall–Kier alpha value is -5.40. The van der Waals surface area contributed by atoms with Crippen molar-refractivity contribution in [3.05, 3.63) is 175 Å². The Balaban J connectivity index is 1.19. The summed E-state index contributed by atoms with van der Waals surface area (Å²) in [5.74, 6) is 0. The topological polar surface area (TPSA) is 12.0 Å². The number of nitrogens with one attached hydrogen (secondary N) is 1. The van der Waals surface area contributed by atoms with Gasteiger partial charge in [0.15, 0.2) is 0 Å². The van der Waals surface area contributed by atoms with Gasteiger partial charge in [-0.15, -0.1) is 0 Å². The fourth-order valence-corrected chi connectivity index (χ4v) is 5.67. The molecule has 0 aromatic heterocycles. The SMILES string of the molecule is C1=CCNC(c2cccc(-c3cccc(-c4cccc(-c5cccc(-c6cccc(-c7ccccc7)c6)c5)c4)c3)c2)=C1. The second-order valence-electron chi connectivity index (χ2n) is 10.7. The van der Waals surface area contributed by atoms with E-state index in [9.17, 15) is 0 Å². The average molecular weight is 538 g/mol. The molecule has 7 rings (SSSR count). The predicted molar refractivity (Wildman–Crippen MR) is 179 cm³/mol. The summed E-state index contributed by atoms with van der Waals surface area (Å²) in [6, 6.07) is 54.7. The van der Waals surface area contributed by atoms with Gasteiger partial charge in [0.2, 0.25) is 0 Å². The summed E-state index contributed by atoms with van der Waals surface area (Å²) in [5.41, 5.74) is 14.6. The van der Waals surface area contributed by atoms with E-state index in [4.69, 9.17) is 0 Å². The number of allylic oxidation sites excluding steroid dienone is 2. The zero-order valence-corrected chi connectivity index (χ0v) is 23.4. The van der Waals surface area contributed by atoms with Crippen LogP contribution in [0.15, 0.2) is 170 Å². The molecule has 0 aliphatic carbocycles. The van der Waals surface area contributed by atoms with E-state index in [1.165, 1.54) is 61.2 Å². The standard InChI is InChI=1S/C41H31N/c1-2-11-30(12-3-1)31-13-6-14-32(25-31)33-15-7-16-34(26-33)35-17-8-18-36(27-35)37-19-9-20-38(28-37)39-21-10-22-40(29-39)41-23-4-5-24-42-41/h1-23,25-29,42H,24H2. The van der Waals surface area contributed by atoms with Gasteiger partial charge >= 0.3 is 0 Å². The minimum atomic E-state index is 0.866.